The number of amides is 1. The van der Waals surface area contributed by atoms with Crippen molar-refractivity contribution in [1.29, 1.82) is 0 Å². The van der Waals surface area contributed by atoms with E-state index in [1.54, 1.807) is 59.9 Å². The Balaban J connectivity index is 1.90. The Bertz CT molecular complexity index is 1210. The van der Waals surface area contributed by atoms with Gasteiger partial charge in [-0.05, 0) is 62.2 Å². The normalized spacial score (nSPS) is 10.9. The Labute approximate surface area is 204 Å². The van der Waals surface area contributed by atoms with Gasteiger partial charge in [0, 0.05) is 36.5 Å². The number of rotatable bonds is 11. The van der Waals surface area contributed by atoms with E-state index in [-0.39, 0.29) is 24.0 Å². The highest BCUT2D eigenvalue weighted by molar-refractivity contribution is 6.11. The van der Waals surface area contributed by atoms with Crippen molar-refractivity contribution in [3.8, 4) is 11.5 Å². The number of carboxylic acids is 1. The van der Waals surface area contributed by atoms with Crippen molar-refractivity contribution in [2.45, 2.75) is 52.4 Å². The van der Waals surface area contributed by atoms with Gasteiger partial charge in [-0.1, -0.05) is 19.3 Å². The van der Waals surface area contributed by atoms with Crippen molar-refractivity contribution in [1.82, 2.24) is 4.57 Å². The Morgan fingerprint density at radius 2 is 1.63 bits per heavy atom. The van der Waals surface area contributed by atoms with Crippen LogP contribution in [0.4, 0.5) is 5.69 Å². The van der Waals surface area contributed by atoms with E-state index in [9.17, 15) is 19.5 Å². The number of carbonyl (C=O) groups excluding carboxylic acids is 2. The van der Waals surface area contributed by atoms with Crippen LogP contribution in [0, 0.1) is 6.92 Å². The third-order valence-electron chi connectivity index (χ3n) is 6.12. The molecule has 0 aliphatic rings. The number of hydrogen-bond acceptors (Lipinski definition) is 5. The van der Waals surface area contributed by atoms with Crippen molar-refractivity contribution < 1.29 is 29.3 Å². The van der Waals surface area contributed by atoms with E-state index in [1.165, 1.54) is 13.0 Å². The molecule has 8 nitrogen and oxygen atoms in total. The maximum Gasteiger partial charge on any atom is 0.303 e. The van der Waals surface area contributed by atoms with Crippen LogP contribution in [0.5, 0.6) is 11.5 Å². The van der Waals surface area contributed by atoms with Crippen LogP contribution in [0.15, 0.2) is 42.5 Å². The number of carbonyl (C=O) groups is 3. The fourth-order valence-electron chi connectivity index (χ4n) is 4.36. The lowest BCUT2D eigenvalue weighted by atomic mass is 10.1. The van der Waals surface area contributed by atoms with E-state index in [2.05, 4.69) is 0 Å². The van der Waals surface area contributed by atoms with Crippen molar-refractivity contribution >= 4 is 34.4 Å². The number of phenolic OH excluding ortho intramolecular Hbond substituents is 1. The second kappa shape index (κ2) is 11.6. The minimum absolute atomic E-state index is 0.0507. The lowest BCUT2D eigenvalue weighted by molar-refractivity contribution is -0.137. The molecule has 8 heteroatoms. The van der Waals surface area contributed by atoms with Gasteiger partial charge in [0.1, 0.15) is 11.5 Å². The molecule has 3 rings (SSSR count). The van der Waals surface area contributed by atoms with Crippen molar-refractivity contribution in [3.05, 3.63) is 53.7 Å². The largest absolute Gasteiger partial charge is 0.508 e. The van der Waals surface area contributed by atoms with Crippen LogP contribution in [0.25, 0.3) is 10.9 Å². The summed E-state index contributed by atoms with van der Waals surface area (Å²) in [6, 6.07) is 11.6. The first-order valence-corrected chi connectivity index (χ1v) is 11.8. The zero-order chi connectivity index (χ0) is 25.5. The van der Waals surface area contributed by atoms with Gasteiger partial charge in [-0.15, -0.1) is 0 Å². The summed E-state index contributed by atoms with van der Waals surface area (Å²) in [5, 5.41) is 19.5. The zero-order valence-electron chi connectivity index (χ0n) is 20.4. The average Bonchev–Trinajstić information content (AvgIpc) is 3.10. The summed E-state index contributed by atoms with van der Waals surface area (Å²) in [7, 11) is 1.56. The molecule has 186 valence electrons. The van der Waals surface area contributed by atoms with Crippen molar-refractivity contribution in [3.63, 3.8) is 0 Å². The SMILES string of the molecule is COc1ccc(C(=O)n2c(C)c(N(CCCCCCCC(=O)O)C(C)=O)c3cc(O)ccc32)cc1. The number of fused-ring (bicyclic) bond motifs is 1. The number of phenols is 1. The zero-order valence-corrected chi connectivity index (χ0v) is 20.4. The lowest BCUT2D eigenvalue weighted by Gasteiger charge is -2.22. The summed E-state index contributed by atoms with van der Waals surface area (Å²) < 4.78 is 6.76. The molecule has 0 radical (unpaired) electrons. The molecule has 0 atom stereocenters. The molecule has 2 aromatic carbocycles. The van der Waals surface area contributed by atoms with Gasteiger partial charge < -0.3 is 19.8 Å². The predicted molar refractivity (Wildman–Crippen MR) is 134 cm³/mol. The number of unbranched alkanes of at least 4 members (excludes halogenated alkanes) is 4. The second-order valence-electron chi connectivity index (χ2n) is 8.59. The van der Waals surface area contributed by atoms with Crippen molar-refractivity contribution in [2.75, 3.05) is 18.6 Å². The first-order chi connectivity index (χ1) is 16.7. The number of ether oxygens (including phenoxy) is 1. The average molecular weight is 481 g/mol. The predicted octanol–water partition coefficient (Wildman–Crippen LogP) is 5.13. The summed E-state index contributed by atoms with van der Waals surface area (Å²) >= 11 is 0. The van der Waals surface area contributed by atoms with Gasteiger partial charge in [0.25, 0.3) is 5.91 Å². The minimum Gasteiger partial charge on any atom is -0.508 e. The summed E-state index contributed by atoms with van der Waals surface area (Å²) in [6.07, 6.45) is 4.13. The monoisotopic (exact) mass is 480 g/mol. The highest BCUT2D eigenvalue weighted by Gasteiger charge is 2.25. The maximum atomic E-state index is 13.5. The highest BCUT2D eigenvalue weighted by Crippen LogP contribution is 2.37. The van der Waals surface area contributed by atoms with Gasteiger partial charge in [0.05, 0.1) is 18.3 Å². The lowest BCUT2D eigenvalue weighted by Crippen LogP contribution is -2.30. The molecule has 35 heavy (non-hydrogen) atoms. The van der Waals surface area contributed by atoms with E-state index in [4.69, 9.17) is 9.84 Å². The first-order valence-electron chi connectivity index (χ1n) is 11.8. The highest BCUT2D eigenvalue weighted by atomic mass is 16.5. The fraction of sp³-hybridized carbons (Fsp3) is 0.370. The number of aliphatic carboxylic acids is 1. The Morgan fingerprint density at radius 1 is 0.971 bits per heavy atom. The van der Waals surface area contributed by atoms with Crippen molar-refractivity contribution in [2.24, 2.45) is 0 Å². The molecule has 2 N–H and O–H groups in total. The molecular formula is C27H32N2O6. The van der Waals surface area contributed by atoms with Crippen LogP contribution in [-0.4, -0.2) is 46.2 Å². The molecule has 1 amide bonds. The minimum atomic E-state index is -0.785. The summed E-state index contributed by atoms with van der Waals surface area (Å²) in [5.74, 6) is -0.485. The van der Waals surface area contributed by atoms with Crippen LogP contribution in [0.2, 0.25) is 0 Å². The van der Waals surface area contributed by atoms with Crippen LogP contribution in [-0.2, 0) is 9.59 Å². The molecule has 0 aliphatic carbocycles. The topological polar surface area (TPSA) is 109 Å². The van der Waals surface area contributed by atoms with Crippen LogP contribution in [0.3, 0.4) is 0 Å². The molecule has 0 fully saturated rings. The number of hydrogen-bond donors (Lipinski definition) is 2. The Morgan fingerprint density at radius 3 is 2.26 bits per heavy atom. The molecule has 0 aliphatic heterocycles. The number of aromatic hydroxyl groups is 1. The molecule has 0 bridgehead atoms. The number of carboxylic acid groups (broad SMARTS) is 1. The van der Waals surface area contributed by atoms with Gasteiger partial charge in [0.2, 0.25) is 5.91 Å². The van der Waals surface area contributed by atoms with Gasteiger partial charge >= 0.3 is 5.97 Å². The number of methoxy groups -OCH3 is 1. The quantitative estimate of drug-likeness (QED) is 0.368. The number of aromatic nitrogens is 1. The molecule has 0 saturated heterocycles. The van der Waals surface area contributed by atoms with E-state index in [0.717, 1.165) is 25.7 Å². The van der Waals surface area contributed by atoms with E-state index in [1.807, 2.05) is 0 Å². The Kier molecular flexibility index (Phi) is 8.52. The third kappa shape index (κ3) is 6.01. The van der Waals surface area contributed by atoms with E-state index in [0.29, 0.717) is 46.6 Å². The summed E-state index contributed by atoms with van der Waals surface area (Å²) in [4.78, 5) is 38.5. The fourth-order valence-corrected chi connectivity index (χ4v) is 4.36. The molecule has 3 aromatic rings. The molecule has 0 saturated carbocycles. The van der Waals surface area contributed by atoms with Gasteiger partial charge in [0.15, 0.2) is 0 Å². The molecule has 1 aromatic heterocycles. The molecule has 0 spiro atoms. The van der Waals surface area contributed by atoms with Crippen LogP contribution >= 0.6 is 0 Å². The summed E-state index contributed by atoms with van der Waals surface area (Å²) in [6.45, 7) is 3.75. The number of benzene rings is 2. The van der Waals surface area contributed by atoms with Gasteiger partial charge in [-0.2, -0.15) is 0 Å². The standard InChI is InChI=1S/C27H32N2O6/c1-18-26(28(19(2)30)16-8-6-4-5-7-9-25(32)33)23-17-21(31)12-15-24(23)29(18)27(34)20-10-13-22(35-3)14-11-20/h10-15,17,31H,4-9,16H2,1-3H3,(H,32,33). The number of nitrogens with zero attached hydrogens (tertiary/aromatic N) is 2. The molecule has 1 heterocycles. The van der Waals surface area contributed by atoms with Gasteiger partial charge in [-0.3, -0.25) is 19.0 Å². The summed E-state index contributed by atoms with van der Waals surface area (Å²) in [5.41, 5.74) is 2.30. The number of anilines is 1. The Hall–Kier alpha value is -3.81. The third-order valence-corrected chi connectivity index (χ3v) is 6.12. The van der Waals surface area contributed by atoms with E-state index >= 15 is 0 Å². The maximum absolute atomic E-state index is 13.5. The van der Waals surface area contributed by atoms with Gasteiger partial charge in [-0.25, -0.2) is 0 Å². The smallest absolute Gasteiger partial charge is 0.303 e. The molecule has 0 unspecified atom stereocenters. The molecular weight excluding hydrogens is 448 g/mol. The second-order valence-corrected chi connectivity index (χ2v) is 8.59. The first kappa shape index (κ1) is 25.8. The van der Waals surface area contributed by atoms with Crippen LogP contribution < -0.4 is 9.64 Å². The van der Waals surface area contributed by atoms with E-state index < -0.39 is 5.97 Å². The van der Waals surface area contributed by atoms with Crippen LogP contribution in [0.1, 0.15) is 61.5 Å².